The van der Waals surface area contributed by atoms with Gasteiger partial charge >= 0.3 is 5.97 Å². The van der Waals surface area contributed by atoms with E-state index in [0.717, 1.165) is 20.4 Å². The van der Waals surface area contributed by atoms with Crippen LogP contribution in [0.3, 0.4) is 0 Å². The van der Waals surface area contributed by atoms with E-state index in [-0.39, 0.29) is 5.75 Å². The van der Waals surface area contributed by atoms with Crippen molar-refractivity contribution in [2.45, 2.75) is 6.43 Å². The fourth-order valence-corrected chi connectivity index (χ4v) is 1.08. The minimum absolute atomic E-state index is 0.256. The lowest BCUT2D eigenvalue weighted by molar-refractivity contribution is 0.0589. The zero-order chi connectivity index (χ0) is 12.3. The van der Waals surface area contributed by atoms with Crippen LogP contribution in [0.1, 0.15) is 22.5 Å². The van der Waals surface area contributed by atoms with E-state index in [9.17, 15) is 18.0 Å². The molecule has 1 rings (SSSR count). The normalized spacial score (nSPS) is 10.4. The molecular formula is C9H8F3NO3. The Balaban J connectivity index is 3.40. The summed E-state index contributed by atoms with van der Waals surface area (Å²) < 4.78 is 47.0. The molecule has 0 aliphatic heterocycles. The third-order valence-corrected chi connectivity index (χ3v) is 1.83. The molecule has 1 heterocycles. The number of nitrogens with zero attached hydrogens (tertiary/aromatic N) is 1. The third-order valence-electron chi connectivity index (χ3n) is 1.83. The highest BCUT2D eigenvalue weighted by Crippen LogP contribution is 2.28. The molecule has 0 aliphatic rings. The van der Waals surface area contributed by atoms with Crippen molar-refractivity contribution in [3.63, 3.8) is 0 Å². The van der Waals surface area contributed by atoms with E-state index in [2.05, 4.69) is 14.5 Å². The van der Waals surface area contributed by atoms with Gasteiger partial charge < -0.3 is 9.47 Å². The zero-order valence-electron chi connectivity index (χ0n) is 8.46. The van der Waals surface area contributed by atoms with Gasteiger partial charge in [0.1, 0.15) is 11.3 Å². The lowest BCUT2D eigenvalue weighted by atomic mass is 10.2. The van der Waals surface area contributed by atoms with Gasteiger partial charge in [-0.05, 0) is 0 Å². The number of hydrogen-bond donors (Lipinski definition) is 0. The molecule has 0 amide bonds. The van der Waals surface area contributed by atoms with E-state index in [0.29, 0.717) is 0 Å². The van der Waals surface area contributed by atoms with Crippen molar-refractivity contribution in [3.05, 3.63) is 23.3 Å². The highest BCUT2D eigenvalue weighted by Gasteiger charge is 2.26. The number of halogens is 3. The maximum Gasteiger partial charge on any atom is 0.344 e. The molecule has 0 N–H and O–H groups in total. The lowest BCUT2D eigenvalue weighted by Crippen LogP contribution is -2.11. The zero-order valence-corrected chi connectivity index (χ0v) is 8.46. The summed E-state index contributed by atoms with van der Waals surface area (Å²) >= 11 is 0. The van der Waals surface area contributed by atoms with Crippen LogP contribution in [0.5, 0.6) is 5.75 Å². The molecule has 0 spiro atoms. The Hall–Kier alpha value is -1.79. The second-order valence-corrected chi connectivity index (χ2v) is 2.69. The average Bonchev–Trinajstić information content (AvgIpc) is 2.26. The molecule has 0 atom stereocenters. The van der Waals surface area contributed by atoms with Gasteiger partial charge in [0.2, 0.25) is 0 Å². The second kappa shape index (κ2) is 4.82. The molecule has 0 aliphatic carbocycles. The van der Waals surface area contributed by atoms with Crippen LogP contribution in [0, 0.1) is 5.82 Å². The maximum atomic E-state index is 13.5. The Bertz CT molecular complexity index is 409. The van der Waals surface area contributed by atoms with Gasteiger partial charge in [0, 0.05) is 0 Å². The van der Waals surface area contributed by atoms with E-state index in [4.69, 9.17) is 0 Å². The minimum Gasteiger partial charge on any atom is -0.494 e. The van der Waals surface area contributed by atoms with Gasteiger partial charge in [0.25, 0.3) is 6.43 Å². The Morgan fingerprint density at radius 1 is 1.44 bits per heavy atom. The van der Waals surface area contributed by atoms with Crippen LogP contribution < -0.4 is 4.74 Å². The van der Waals surface area contributed by atoms with Crippen LogP contribution in [0.15, 0.2) is 6.20 Å². The monoisotopic (exact) mass is 235 g/mol. The first-order valence-corrected chi connectivity index (χ1v) is 4.11. The van der Waals surface area contributed by atoms with Crippen LogP contribution in [-0.4, -0.2) is 25.2 Å². The Morgan fingerprint density at radius 2 is 2.06 bits per heavy atom. The van der Waals surface area contributed by atoms with E-state index in [1.807, 2.05) is 0 Å². The molecule has 0 radical (unpaired) electrons. The van der Waals surface area contributed by atoms with Crippen molar-refractivity contribution in [2.24, 2.45) is 0 Å². The lowest BCUT2D eigenvalue weighted by Gasteiger charge is -2.09. The van der Waals surface area contributed by atoms with Gasteiger partial charge in [-0.3, -0.25) is 0 Å². The van der Waals surface area contributed by atoms with Crippen molar-refractivity contribution in [1.29, 1.82) is 0 Å². The van der Waals surface area contributed by atoms with Gasteiger partial charge in [-0.1, -0.05) is 0 Å². The molecule has 7 heteroatoms. The van der Waals surface area contributed by atoms with Crippen LogP contribution in [0.4, 0.5) is 13.2 Å². The van der Waals surface area contributed by atoms with Gasteiger partial charge in [0.05, 0.1) is 20.4 Å². The van der Waals surface area contributed by atoms with Gasteiger partial charge in [-0.15, -0.1) is 0 Å². The van der Waals surface area contributed by atoms with E-state index in [1.165, 1.54) is 0 Å². The highest BCUT2D eigenvalue weighted by atomic mass is 19.3. The molecule has 0 saturated heterocycles. The summed E-state index contributed by atoms with van der Waals surface area (Å²) in [7, 11) is 2.16. The summed E-state index contributed by atoms with van der Waals surface area (Å²) in [6.07, 6.45) is -2.27. The number of methoxy groups -OCH3 is 2. The highest BCUT2D eigenvalue weighted by molar-refractivity contribution is 5.92. The van der Waals surface area contributed by atoms with E-state index < -0.39 is 29.5 Å². The molecule has 16 heavy (non-hydrogen) atoms. The average molecular weight is 235 g/mol. The second-order valence-electron chi connectivity index (χ2n) is 2.69. The number of alkyl halides is 2. The van der Waals surface area contributed by atoms with E-state index >= 15 is 0 Å². The van der Waals surface area contributed by atoms with Crippen LogP contribution in [-0.2, 0) is 4.74 Å². The fourth-order valence-electron chi connectivity index (χ4n) is 1.08. The molecule has 0 fully saturated rings. The molecule has 1 aromatic heterocycles. The van der Waals surface area contributed by atoms with Crippen LogP contribution in [0.2, 0.25) is 0 Å². The number of aromatic nitrogens is 1. The minimum atomic E-state index is -3.12. The summed E-state index contributed by atoms with van der Waals surface area (Å²) in [6, 6.07) is 0. The topological polar surface area (TPSA) is 48.4 Å². The molecule has 1 aromatic rings. The van der Waals surface area contributed by atoms with Gasteiger partial charge in [-0.25, -0.2) is 22.9 Å². The summed E-state index contributed by atoms with van der Waals surface area (Å²) in [5.41, 5.74) is -1.79. The molecule has 88 valence electrons. The Labute approximate surface area is 89.0 Å². The molecule has 0 saturated carbocycles. The number of ether oxygens (including phenoxy) is 2. The quantitative estimate of drug-likeness (QED) is 0.751. The van der Waals surface area contributed by atoms with Crippen molar-refractivity contribution in [1.82, 2.24) is 4.98 Å². The van der Waals surface area contributed by atoms with Crippen molar-refractivity contribution in [3.8, 4) is 5.75 Å². The molecule has 4 nitrogen and oxygen atoms in total. The SMILES string of the molecule is COC(=O)c1c(OC)cnc(C(F)F)c1F. The van der Waals surface area contributed by atoms with Crippen molar-refractivity contribution >= 4 is 5.97 Å². The van der Waals surface area contributed by atoms with Crippen molar-refractivity contribution < 1.29 is 27.4 Å². The van der Waals surface area contributed by atoms with Crippen molar-refractivity contribution in [2.75, 3.05) is 14.2 Å². The summed E-state index contributed by atoms with van der Waals surface area (Å²) in [4.78, 5) is 14.3. The van der Waals surface area contributed by atoms with Gasteiger partial charge in [0.15, 0.2) is 11.6 Å². The summed E-state index contributed by atoms with van der Waals surface area (Å²) in [6.45, 7) is 0. The first kappa shape index (κ1) is 12.3. The predicted molar refractivity (Wildman–Crippen MR) is 47.0 cm³/mol. The van der Waals surface area contributed by atoms with Crippen LogP contribution >= 0.6 is 0 Å². The third kappa shape index (κ3) is 2.07. The first-order valence-electron chi connectivity index (χ1n) is 4.11. The number of carbonyl (C=O) groups is 1. The number of carbonyl (C=O) groups excluding carboxylic acids is 1. The Kier molecular flexibility index (Phi) is 3.70. The number of esters is 1. The summed E-state index contributed by atoms with van der Waals surface area (Å²) in [5.74, 6) is -2.78. The van der Waals surface area contributed by atoms with Crippen LogP contribution in [0.25, 0.3) is 0 Å². The standard InChI is InChI=1S/C9H8F3NO3/c1-15-4-3-13-7(8(11)12)6(10)5(4)9(14)16-2/h3,8H,1-2H3. The number of pyridine rings is 1. The largest absolute Gasteiger partial charge is 0.494 e. The van der Waals surface area contributed by atoms with E-state index in [1.54, 1.807) is 0 Å². The Morgan fingerprint density at radius 3 is 2.50 bits per heavy atom. The molecule has 0 bridgehead atoms. The molecule has 0 unspecified atom stereocenters. The molecule has 0 aromatic carbocycles. The summed E-state index contributed by atoms with van der Waals surface area (Å²) in [5, 5.41) is 0. The predicted octanol–water partition coefficient (Wildman–Crippen LogP) is 1.95. The smallest absolute Gasteiger partial charge is 0.344 e. The molecular weight excluding hydrogens is 227 g/mol. The maximum absolute atomic E-state index is 13.5. The number of hydrogen-bond acceptors (Lipinski definition) is 4. The number of rotatable bonds is 3. The first-order chi connectivity index (χ1) is 7.52. The fraction of sp³-hybridized carbons (Fsp3) is 0.333. The van der Waals surface area contributed by atoms with Gasteiger partial charge in [-0.2, -0.15) is 0 Å².